The zero-order chi connectivity index (χ0) is 13.4. The topological polar surface area (TPSA) is 70.3 Å². The van der Waals surface area contributed by atoms with Crippen LogP contribution in [0.5, 0.6) is 5.75 Å². The smallest absolute Gasteiger partial charge is 0.328 e. The lowest BCUT2D eigenvalue weighted by Gasteiger charge is -2.11. The summed E-state index contributed by atoms with van der Waals surface area (Å²) in [5.74, 6) is -0.320. The minimum Gasteiger partial charge on any atom is -0.493 e. The number of hydrogen-bond acceptors (Lipinski definition) is 3. The van der Waals surface area contributed by atoms with Crippen molar-refractivity contribution in [1.29, 1.82) is 5.26 Å². The Morgan fingerprint density at radius 1 is 1.56 bits per heavy atom. The van der Waals surface area contributed by atoms with Crippen LogP contribution in [0.3, 0.4) is 0 Å². The minimum atomic E-state index is -0.994. The highest BCUT2D eigenvalue weighted by Crippen LogP contribution is 2.24. The highest BCUT2D eigenvalue weighted by Gasteiger charge is 2.04. The number of nitriles is 1. The van der Waals surface area contributed by atoms with Crippen molar-refractivity contribution < 1.29 is 14.6 Å². The molecule has 1 aromatic rings. The van der Waals surface area contributed by atoms with Crippen molar-refractivity contribution in [3.8, 4) is 11.8 Å². The van der Waals surface area contributed by atoms with E-state index in [0.29, 0.717) is 25.2 Å². The van der Waals surface area contributed by atoms with E-state index in [4.69, 9.17) is 15.1 Å². The van der Waals surface area contributed by atoms with Crippen molar-refractivity contribution in [2.75, 3.05) is 6.61 Å². The highest BCUT2D eigenvalue weighted by atomic mass is 16.5. The van der Waals surface area contributed by atoms with E-state index in [1.54, 1.807) is 6.07 Å². The van der Waals surface area contributed by atoms with Crippen LogP contribution in [-0.2, 0) is 4.79 Å². The minimum absolute atomic E-state index is 0.451. The molecule has 18 heavy (non-hydrogen) atoms. The van der Waals surface area contributed by atoms with Gasteiger partial charge < -0.3 is 9.84 Å². The van der Waals surface area contributed by atoms with Crippen LogP contribution in [0.15, 0.2) is 24.3 Å². The summed E-state index contributed by atoms with van der Waals surface area (Å²) < 4.78 is 5.61. The summed E-state index contributed by atoms with van der Waals surface area (Å²) in [7, 11) is 0. The number of unbranched alkanes of at least 4 members (excludes halogenated alkanes) is 1. The molecule has 1 rings (SSSR count). The Morgan fingerprint density at radius 3 is 3.00 bits per heavy atom. The van der Waals surface area contributed by atoms with Gasteiger partial charge >= 0.3 is 5.97 Å². The number of nitrogens with zero attached hydrogens (tertiary/aromatic N) is 1. The average molecular weight is 245 g/mol. The fourth-order valence-electron chi connectivity index (χ4n) is 1.49. The molecule has 0 aliphatic rings. The first-order chi connectivity index (χ1) is 8.65. The molecule has 4 heteroatoms. The standard InChI is InChI=1S/C14H15NO3/c1-11-5-4-6-12(7-8-13(16)17)14(11)18-10-3-2-9-15/h4-8H,2-3,10H2,1H3,(H,16,17)/b8-7+. The van der Waals surface area contributed by atoms with Crippen LogP contribution in [0.2, 0.25) is 0 Å². The second-order valence-electron chi connectivity index (χ2n) is 3.77. The molecule has 4 nitrogen and oxygen atoms in total. The van der Waals surface area contributed by atoms with Crippen LogP contribution in [0.1, 0.15) is 24.0 Å². The third-order valence-corrected chi connectivity index (χ3v) is 2.33. The number of carboxylic acids is 1. The normalized spacial score (nSPS) is 10.2. The summed E-state index contributed by atoms with van der Waals surface area (Å²) in [6, 6.07) is 7.60. The van der Waals surface area contributed by atoms with Gasteiger partial charge in [-0.3, -0.25) is 0 Å². The monoisotopic (exact) mass is 245 g/mol. The molecular formula is C14H15NO3. The molecule has 0 heterocycles. The summed E-state index contributed by atoms with van der Waals surface area (Å²) in [6.45, 7) is 2.35. The second-order valence-corrected chi connectivity index (χ2v) is 3.77. The molecular weight excluding hydrogens is 230 g/mol. The van der Waals surface area contributed by atoms with Gasteiger partial charge in [-0.05, 0) is 25.0 Å². The predicted molar refractivity (Wildman–Crippen MR) is 68.2 cm³/mol. The maximum atomic E-state index is 10.5. The van der Waals surface area contributed by atoms with Crippen molar-refractivity contribution in [2.24, 2.45) is 0 Å². The molecule has 0 amide bonds. The van der Waals surface area contributed by atoms with Crippen LogP contribution < -0.4 is 4.74 Å². The van der Waals surface area contributed by atoms with Crippen LogP contribution in [0.25, 0.3) is 6.08 Å². The molecule has 0 fully saturated rings. The number of hydrogen-bond donors (Lipinski definition) is 1. The Kier molecular flexibility index (Phi) is 5.46. The lowest BCUT2D eigenvalue weighted by atomic mass is 10.1. The summed E-state index contributed by atoms with van der Waals surface area (Å²) in [4.78, 5) is 10.5. The quantitative estimate of drug-likeness (QED) is 0.618. The van der Waals surface area contributed by atoms with Gasteiger partial charge in [-0.15, -0.1) is 0 Å². The molecule has 0 aromatic heterocycles. The SMILES string of the molecule is Cc1cccc(/C=C/C(=O)O)c1OCCCC#N. The molecule has 0 radical (unpaired) electrons. The lowest BCUT2D eigenvalue weighted by Crippen LogP contribution is -2.00. The predicted octanol–water partition coefficient (Wildman–Crippen LogP) is 2.78. The maximum Gasteiger partial charge on any atom is 0.328 e. The highest BCUT2D eigenvalue weighted by molar-refractivity contribution is 5.86. The van der Waals surface area contributed by atoms with E-state index in [1.807, 2.05) is 19.1 Å². The van der Waals surface area contributed by atoms with E-state index in [9.17, 15) is 4.79 Å². The first-order valence-corrected chi connectivity index (χ1v) is 5.65. The molecule has 0 atom stereocenters. The van der Waals surface area contributed by atoms with E-state index >= 15 is 0 Å². The van der Waals surface area contributed by atoms with Crippen molar-refractivity contribution in [1.82, 2.24) is 0 Å². The van der Waals surface area contributed by atoms with Crippen molar-refractivity contribution in [3.63, 3.8) is 0 Å². The number of rotatable bonds is 6. The average Bonchev–Trinajstić information content (AvgIpc) is 2.34. The fraction of sp³-hybridized carbons (Fsp3) is 0.286. The van der Waals surface area contributed by atoms with Crippen molar-refractivity contribution in [3.05, 3.63) is 35.4 Å². The van der Waals surface area contributed by atoms with Gasteiger partial charge in [-0.2, -0.15) is 5.26 Å². The number of ether oxygens (including phenoxy) is 1. The number of carbonyl (C=O) groups is 1. The molecule has 0 unspecified atom stereocenters. The van der Waals surface area contributed by atoms with Crippen LogP contribution in [0.4, 0.5) is 0 Å². The van der Waals surface area contributed by atoms with Crippen LogP contribution in [-0.4, -0.2) is 17.7 Å². The lowest BCUT2D eigenvalue weighted by molar-refractivity contribution is -0.131. The summed E-state index contributed by atoms with van der Waals surface area (Å²) in [5.41, 5.74) is 1.67. The Hall–Kier alpha value is -2.28. The number of benzene rings is 1. The number of carboxylic acid groups (broad SMARTS) is 1. The molecule has 0 aliphatic carbocycles. The Balaban J connectivity index is 2.81. The third-order valence-electron chi connectivity index (χ3n) is 2.33. The maximum absolute atomic E-state index is 10.5. The fourth-order valence-corrected chi connectivity index (χ4v) is 1.49. The Morgan fingerprint density at radius 2 is 2.33 bits per heavy atom. The van der Waals surface area contributed by atoms with Gasteiger partial charge in [0.05, 0.1) is 12.7 Å². The molecule has 0 saturated carbocycles. The zero-order valence-electron chi connectivity index (χ0n) is 10.2. The van der Waals surface area contributed by atoms with E-state index in [0.717, 1.165) is 17.2 Å². The molecule has 0 aliphatic heterocycles. The van der Waals surface area contributed by atoms with E-state index < -0.39 is 5.97 Å². The first kappa shape index (κ1) is 13.8. The molecule has 0 spiro atoms. The van der Waals surface area contributed by atoms with Gasteiger partial charge in [-0.25, -0.2) is 4.79 Å². The van der Waals surface area contributed by atoms with Gasteiger partial charge in [0.25, 0.3) is 0 Å². The largest absolute Gasteiger partial charge is 0.493 e. The van der Waals surface area contributed by atoms with Crippen molar-refractivity contribution >= 4 is 12.0 Å². The van der Waals surface area contributed by atoms with Crippen LogP contribution in [0, 0.1) is 18.3 Å². The Bertz CT molecular complexity index is 486. The molecule has 0 saturated heterocycles. The van der Waals surface area contributed by atoms with Crippen molar-refractivity contribution in [2.45, 2.75) is 19.8 Å². The molecule has 94 valence electrons. The van der Waals surface area contributed by atoms with Gasteiger partial charge in [0, 0.05) is 18.1 Å². The molecule has 0 bridgehead atoms. The number of aliphatic carboxylic acids is 1. The van der Waals surface area contributed by atoms with Gasteiger partial charge in [0.2, 0.25) is 0 Å². The Labute approximate surface area is 106 Å². The second kappa shape index (κ2) is 7.13. The number of aryl methyl sites for hydroxylation is 1. The third kappa shape index (κ3) is 4.30. The van der Waals surface area contributed by atoms with E-state index in [-0.39, 0.29) is 0 Å². The van der Waals surface area contributed by atoms with E-state index in [2.05, 4.69) is 6.07 Å². The summed E-state index contributed by atoms with van der Waals surface area (Å²) in [6.07, 6.45) is 3.70. The number of para-hydroxylation sites is 1. The first-order valence-electron chi connectivity index (χ1n) is 5.65. The van der Waals surface area contributed by atoms with Gasteiger partial charge in [0.1, 0.15) is 5.75 Å². The van der Waals surface area contributed by atoms with Gasteiger partial charge in [-0.1, -0.05) is 18.2 Å². The van der Waals surface area contributed by atoms with Crippen LogP contribution >= 0.6 is 0 Å². The molecule has 1 aromatic carbocycles. The van der Waals surface area contributed by atoms with Gasteiger partial charge in [0.15, 0.2) is 0 Å². The van der Waals surface area contributed by atoms with E-state index in [1.165, 1.54) is 6.08 Å². The summed E-state index contributed by atoms with van der Waals surface area (Å²) >= 11 is 0. The zero-order valence-corrected chi connectivity index (χ0v) is 10.2. The molecule has 1 N–H and O–H groups in total. The summed E-state index contributed by atoms with van der Waals surface area (Å²) in [5, 5.41) is 17.1.